The summed E-state index contributed by atoms with van der Waals surface area (Å²) < 4.78 is 5.30. The van der Waals surface area contributed by atoms with Gasteiger partial charge in [-0.05, 0) is 18.8 Å². The minimum absolute atomic E-state index is 0. The summed E-state index contributed by atoms with van der Waals surface area (Å²) >= 11 is 0. The highest BCUT2D eigenvalue weighted by atomic mass is 35.5. The van der Waals surface area contributed by atoms with Crippen molar-refractivity contribution in [1.82, 2.24) is 0 Å². The fourth-order valence-corrected chi connectivity index (χ4v) is 1.99. The molecule has 0 aliphatic heterocycles. The summed E-state index contributed by atoms with van der Waals surface area (Å²) in [5.74, 6) is 0.214. The lowest BCUT2D eigenvalue weighted by molar-refractivity contribution is -0.113. The number of aliphatic hydroxyl groups excluding tert-OH is 1. The SMILES string of the molecule is CO[C@](N)(c1ccc(C=O)cc1)[C@H](O)C1CC1.Cl. The molecule has 1 saturated carbocycles. The van der Waals surface area contributed by atoms with Crippen molar-refractivity contribution in [3.05, 3.63) is 35.4 Å². The van der Waals surface area contributed by atoms with Crippen molar-refractivity contribution < 1.29 is 14.6 Å². The van der Waals surface area contributed by atoms with Crippen LogP contribution in [0.15, 0.2) is 24.3 Å². The van der Waals surface area contributed by atoms with Gasteiger partial charge in [-0.2, -0.15) is 0 Å². The Morgan fingerprint density at radius 3 is 2.39 bits per heavy atom. The van der Waals surface area contributed by atoms with Crippen LogP contribution in [0, 0.1) is 5.92 Å². The summed E-state index contributed by atoms with van der Waals surface area (Å²) in [6.45, 7) is 0. The zero-order chi connectivity index (χ0) is 12.5. The van der Waals surface area contributed by atoms with Gasteiger partial charge in [-0.25, -0.2) is 0 Å². The summed E-state index contributed by atoms with van der Waals surface area (Å²) in [5, 5.41) is 10.2. The van der Waals surface area contributed by atoms with Gasteiger partial charge in [0.05, 0.1) is 0 Å². The van der Waals surface area contributed by atoms with Crippen LogP contribution in [0.4, 0.5) is 0 Å². The highest BCUT2D eigenvalue weighted by molar-refractivity contribution is 5.85. The fourth-order valence-electron chi connectivity index (χ4n) is 1.99. The molecule has 0 bridgehead atoms. The van der Waals surface area contributed by atoms with Crippen LogP contribution in [0.3, 0.4) is 0 Å². The first-order chi connectivity index (χ1) is 8.11. The molecule has 1 aromatic rings. The van der Waals surface area contributed by atoms with Gasteiger partial charge >= 0.3 is 0 Å². The van der Waals surface area contributed by atoms with E-state index in [4.69, 9.17) is 10.5 Å². The number of aliphatic hydroxyl groups is 1. The van der Waals surface area contributed by atoms with Gasteiger partial charge in [-0.15, -0.1) is 12.4 Å². The molecule has 4 nitrogen and oxygen atoms in total. The number of carbonyl (C=O) groups is 1. The molecule has 3 N–H and O–H groups in total. The van der Waals surface area contributed by atoms with Gasteiger partial charge in [0, 0.05) is 18.2 Å². The van der Waals surface area contributed by atoms with E-state index >= 15 is 0 Å². The van der Waals surface area contributed by atoms with E-state index in [1.807, 2.05) is 0 Å². The van der Waals surface area contributed by atoms with Crippen LogP contribution in [0.5, 0.6) is 0 Å². The molecule has 0 saturated heterocycles. The minimum Gasteiger partial charge on any atom is -0.388 e. The van der Waals surface area contributed by atoms with Crippen molar-refractivity contribution in [2.24, 2.45) is 11.7 Å². The molecular formula is C13H18ClNO3. The van der Waals surface area contributed by atoms with Crippen LogP contribution in [-0.2, 0) is 10.5 Å². The molecule has 5 heteroatoms. The number of carbonyl (C=O) groups excluding carboxylic acids is 1. The van der Waals surface area contributed by atoms with Crippen molar-refractivity contribution in [1.29, 1.82) is 0 Å². The van der Waals surface area contributed by atoms with Crippen molar-refractivity contribution in [2.45, 2.75) is 24.7 Å². The Hall–Kier alpha value is -0.940. The Morgan fingerprint density at radius 1 is 1.44 bits per heavy atom. The number of methoxy groups -OCH3 is 1. The summed E-state index contributed by atoms with van der Waals surface area (Å²) in [5.41, 5.74) is 6.20. The quantitative estimate of drug-likeness (QED) is 0.628. The Kier molecular flexibility index (Phi) is 4.87. The number of rotatable bonds is 5. The second-order valence-corrected chi connectivity index (χ2v) is 4.52. The average molecular weight is 272 g/mol. The van der Waals surface area contributed by atoms with E-state index < -0.39 is 11.8 Å². The van der Waals surface area contributed by atoms with Gasteiger partial charge in [-0.1, -0.05) is 24.3 Å². The number of benzene rings is 1. The number of hydrogen-bond donors (Lipinski definition) is 2. The third-order valence-electron chi connectivity index (χ3n) is 3.34. The number of halogens is 1. The van der Waals surface area contributed by atoms with Crippen molar-refractivity contribution in [3.63, 3.8) is 0 Å². The molecule has 1 fully saturated rings. The second kappa shape index (κ2) is 5.80. The van der Waals surface area contributed by atoms with Crippen LogP contribution < -0.4 is 5.73 Å². The first-order valence-corrected chi connectivity index (χ1v) is 5.69. The fraction of sp³-hybridized carbons (Fsp3) is 0.462. The molecule has 0 spiro atoms. The van der Waals surface area contributed by atoms with Crippen molar-refractivity contribution in [3.8, 4) is 0 Å². The maximum Gasteiger partial charge on any atom is 0.168 e. The van der Waals surface area contributed by atoms with Gasteiger partial charge in [0.25, 0.3) is 0 Å². The van der Waals surface area contributed by atoms with E-state index in [-0.39, 0.29) is 18.3 Å². The van der Waals surface area contributed by atoms with E-state index in [9.17, 15) is 9.90 Å². The van der Waals surface area contributed by atoms with E-state index in [1.165, 1.54) is 7.11 Å². The zero-order valence-corrected chi connectivity index (χ0v) is 11.0. The van der Waals surface area contributed by atoms with Gasteiger partial charge in [0.15, 0.2) is 5.72 Å². The third kappa shape index (κ3) is 2.72. The minimum atomic E-state index is -1.19. The number of nitrogens with two attached hydrogens (primary N) is 1. The average Bonchev–Trinajstić information content (AvgIpc) is 3.21. The molecule has 0 unspecified atom stereocenters. The summed E-state index contributed by atoms with van der Waals surface area (Å²) in [7, 11) is 1.49. The smallest absolute Gasteiger partial charge is 0.168 e. The van der Waals surface area contributed by atoms with Crippen molar-refractivity contribution in [2.75, 3.05) is 7.11 Å². The standard InChI is InChI=1S/C13H17NO3.ClH/c1-17-13(14,12(16)10-4-5-10)11-6-2-9(8-15)3-7-11;/h2-3,6-8,10,12,16H,4-5,14H2,1H3;1H/t12-,13-;/m1./s1. The molecule has 0 radical (unpaired) electrons. The molecule has 100 valence electrons. The van der Waals surface area contributed by atoms with Crippen LogP contribution in [-0.4, -0.2) is 24.6 Å². The molecule has 0 aromatic heterocycles. The summed E-state index contributed by atoms with van der Waals surface area (Å²) in [4.78, 5) is 10.6. The first kappa shape index (κ1) is 15.1. The Labute approximate surface area is 113 Å². The first-order valence-electron chi connectivity index (χ1n) is 5.69. The maximum atomic E-state index is 10.6. The molecule has 18 heavy (non-hydrogen) atoms. The molecule has 2 atom stereocenters. The van der Waals surface area contributed by atoms with E-state index in [2.05, 4.69) is 0 Å². The lowest BCUT2D eigenvalue weighted by Gasteiger charge is -2.33. The van der Waals surface area contributed by atoms with E-state index in [1.54, 1.807) is 24.3 Å². The number of hydrogen-bond acceptors (Lipinski definition) is 4. The van der Waals surface area contributed by atoms with Crippen LogP contribution in [0.1, 0.15) is 28.8 Å². The predicted molar refractivity (Wildman–Crippen MR) is 70.7 cm³/mol. The number of aldehydes is 1. The van der Waals surface area contributed by atoms with Crippen LogP contribution >= 0.6 is 12.4 Å². The monoisotopic (exact) mass is 271 g/mol. The zero-order valence-electron chi connectivity index (χ0n) is 10.2. The molecule has 1 aliphatic rings. The van der Waals surface area contributed by atoms with Crippen molar-refractivity contribution >= 4 is 18.7 Å². The third-order valence-corrected chi connectivity index (χ3v) is 3.34. The van der Waals surface area contributed by atoms with Crippen LogP contribution in [0.2, 0.25) is 0 Å². The van der Waals surface area contributed by atoms with Gasteiger partial charge in [0.1, 0.15) is 12.4 Å². The Morgan fingerprint density at radius 2 is 2.00 bits per heavy atom. The van der Waals surface area contributed by atoms with E-state index in [0.717, 1.165) is 19.1 Å². The lowest BCUT2D eigenvalue weighted by atomic mass is 9.94. The van der Waals surface area contributed by atoms with Gasteiger partial charge < -0.3 is 9.84 Å². The Balaban J connectivity index is 0.00000162. The largest absolute Gasteiger partial charge is 0.388 e. The second-order valence-electron chi connectivity index (χ2n) is 4.52. The molecule has 2 rings (SSSR count). The number of ether oxygens (including phenoxy) is 1. The molecule has 1 aliphatic carbocycles. The van der Waals surface area contributed by atoms with Gasteiger partial charge in [0.2, 0.25) is 0 Å². The molecule has 0 heterocycles. The topological polar surface area (TPSA) is 72.5 Å². The highest BCUT2D eigenvalue weighted by Crippen LogP contribution is 2.40. The van der Waals surface area contributed by atoms with E-state index in [0.29, 0.717) is 11.1 Å². The molecule has 1 aromatic carbocycles. The Bertz CT molecular complexity index is 405. The summed E-state index contributed by atoms with van der Waals surface area (Å²) in [6, 6.07) is 6.78. The van der Waals surface area contributed by atoms with Gasteiger partial charge in [-0.3, -0.25) is 10.5 Å². The molecular weight excluding hydrogens is 254 g/mol. The summed E-state index contributed by atoms with van der Waals surface area (Å²) in [6.07, 6.45) is 2.02. The predicted octanol–water partition coefficient (Wildman–Crippen LogP) is 1.45. The maximum absolute atomic E-state index is 10.6. The highest BCUT2D eigenvalue weighted by Gasteiger charge is 2.45. The lowest BCUT2D eigenvalue weighted by Crippen LogP contribution is -2.50. The molecule has 0 amide bonds. The van der Waals surface area contributed by atoms with Crippen LogP contribution in [0.25, 0.3) is 0 Å². The normalized spacial score (nSPS) is 19.5.